The molecule has 0 bridgehead atoms. The Balaban J connectivity index is 2.91. The quantitative estimate of drug-likeness (QED) is 0.679. The van der Waals surface area contributed by atoms with Gasteiger partial charge in [-0.2, -0.15) is 0 Å². The predicted molar refractivity (Wildman–Crippen MR) is 73.0 cm³/mol. The third-order valence-corrected chi connectivity index (χ3v) is 2.52. The maximum Gasteiger partial charge on any atom is 0.333 e. The monoisotopic (exact) mass is 265 g/mol. The lowest BCUT2D eigenvalue weighted by Gasteiger charge is -2.23. The Morgan fingerprint density at radius 2 is 2.11 bits per heavy atom. The number of hydrogen-bond donors (Lipinski definition) is 3. The number of nitrogens with zero attached hydrogens (tertiary/aromatic N) is 1. The Kier molecular flexibility index (Phi) is 5.66. The van der Waals surface area contributed by atoms with Crippen molar-refractivity contribution in [2.45, 2.75) is 19.8 Å². The second-order valence-electron chi connectivity index (χ2n) is 4.09. The van der Waals surface area contributed by atoms with Crippen LogP contribution in [0.1, 0.15) is 18.9 Å². The molecule has 0 aliphatic rings. The fourth-order valence-corrected chi connectivity index (χ4v) is 1.68. The van der Waals surface area contributed by atoms with Crippen LogP contribution < -0.4 is 15.8 Å². The molecule has 0 fully saturated rings. The number of aliphatic carboxylic acids is 1. The van der Waals surface area contributed by atoms with Crippen molar-refractivity contribution in [2.75, 3.05) is 18.6 Å². The third-order valence-electron chi connectivity index (χ3n) is 2.52. The number of carboxylic acid groups (broad SMARTS) is 1. The first-order valence-electron chi connectivity index (χ1n) is 6.13. The second kappa shape index (κ2) is 7.25. The summed E-state index contributed by atoms with van der Waals surface area (Å²) in [4.78, 5) is 22.2. The van der Waals surface area contributed by atoms with Crippen molar-refractivity contribution in [1.82, 2.24) is 10.7 Å². The average Bonchev–Trinajstić information content (AvgIpc) is 2.38. The summed E-state index contributed by atoms with van der Waals surface area (Å²) in [5.74, 6) is -1.02. The molecule has 0 aliphatic carbocycles. The molecule has 0 heterocycles. The van der Waals surface area contributed by atoms with E-state index in [0.717, 1.165) is 18.4 Å². The summed E-state index contributed by atoms with van der Waals surface area (Å²) in [6, 6.07) is 7.01. The van der Waals surface area contributed by atoms with Gasteiger partial charge in [-0.1, -0.05) is 25.5 Å². The highest BCUT2D eigenvalue weighted by Gasteiger charge is 2.13. The molecule has 0 unspecified atom stereocenters. The van der Waals surface area contributed by atoms with Gasteiger partial charge in [-0.05, 0) is 24.1 Å². The van der Waals surface area contributed by atoms with Crippen molar-refractivity contribution >= 4 is 17.7 Å². The molecule has 0 spiro atoms. The summed E-state index contributed by atoms with van der Waals surface area (Å²) in [6.07, 6.45) is 1.92. The van der Waals surface area contributed by atoms with Gasteiger partial charge >= 0.3 is 12.0 Å². The first-order valence-corrected chi connectivity index (χ1v) is 6.13. The Morgan fingerprint density at radius 3 is 2.68 bits per heavy atom. The molecule has 1 aromatic carbocycles. The smallest absolute Gasteiger partial charge is 0.333 e. The molecule has 0 radical (unpaired) electrons. The van der Waals surface area contributed by atoms with Crippen LogP contribution in [-0.2, 0) is 11.2 Å². The molecule has 1 rings (SSSR count). The Hall–Kier alpha value is -2.24. The molecule has 3 N–H and O–H groups in total. The third kappa shape index (κ3) is 4.87. The van der Waals surface area contributed by atoms with Crippen molar-refractivity contribution in [3.63, 3.8) is 0 Å². The van der Waals surface area contributed by atoms with Crippen LogP contribution in [0.5, 0.6) is 0 Å². The summed E-state index contributed by atoms with van der Waals surface area (Å²) in [5, 5.41) is 12.6. The largest absolute Gasteiger partial charge is 0.480 e. The number of rotatable bonds is 6. The summed E-state index contributed by atoms with van der Waals surface area (Å²) < 4.78 is 0. The summed E-state index contributed by atoms with van der Waals surface area (Å²) in [5.41, 5.74) is 4.24. The molecule has 0 saturated heterocycles. The van der Waals surface area contributed by atoms with Crippen LogP contribution in [0.4, 0.5) is 10.5 Å². The number of carbonyl (C=O) groups excluding carboxylic acids is 1. The van der Waals surface area contributed by atoms with Crippen molar-refractivity contribution in [3.05, 3.63) is 29.8 Å². The molecule has 0 saturated carbocycles. The lowest BCUT2D eigenvalue weighted by atomic mass is 10.1. The standard InChI is InChI=1S/C13H19N3O3/c1-3-5-10-6-4-7-11(8-10)16(9-12(17)18)15-13(19)14-2/h4,6-8H,3,5,9H2,1-2H3,(H,17,18)(H2,14,15,19). The van der Waals surface area contributed by atoms with E-state index in [1.165, 1.54) is 12.1 Å². The molecule has 6 nitrogen and oxygen atoms in total. The van der Waals surface area contributed by atoms with E-state index in [2.05, 4.69) is 17.7 Å². The number of carbonyl (C=O) groups is 2. The van der Waals surface area contributed by atoms with Crippen LogP contribution in [0.2, 0.25) is 0 Å². The van der Waals surface area contributed by atoms with Gasteiger partial charge in [0.2, 0.25) is 0 Å². The number of hydrogen-bond acceptors (Lipinski definition) is 3. The van der Waals surface area contributed by atoms with Gasteiger partial charge < -0.3 is 10.4 Å². The fraction of sp³-hybridized carbons (Fsp3) is 0.385. The molecule has 0 aromatic heterocycles. The number of amides is 2. The van der Waals surface area contributed by atoms with Crippen molar-refractivity contribution in [2.24, 2.45) is 0 Å². The number of benzene rings is 1. The SMILES string of the molecule is CCCc1cccc(N(CC(=O)O)NC(=O)NC)c1. The lowest BCUT2D eigenvalue weighted by molar-refractivity contribution is -0.135. The van der Waals surface area contributed by atoms with Gasteiger partial charge in [-0.25, -0.2) is 10.2 Å². The zero-order valence-electron chi connectivity index (χ0n) is 11.1. The van der Waals surface area contributed by atoms with Gasteiger partial charge in [0.05, 0.1) is 5.69 Å². The van der Waals surface area contributed by atoms with E-state index in [1.54, 1.807) is 6.07 Å². The van der Waals surface area contributed by atoms with Gasteiger partial charge in [0.25, 0.3) is 0 Å². The predicted octanol–water partition coefficient (Wildman–Crippen LogP) is 1.37. The van der Waals surface area contributed by atoms with E-state index < -0.39 is 12.0 Å². The molecular formula is C13H19N3O3. The molecular weight excluding hydrogens is 246 g/mol. The fourth-order valence-electron chi connectivity index (χ4n) is 1.68. The second-order valence-corrected chi connectivity index (χ2v) is 4.09. The van der Waals surface area contributed by atoms with E-state index in [4.69, 9.17) is 5.11 Å². The maximum absolute atomic E-state index is 11.3. The maximum atomic E-state index is 11.3. The Labute approximate surface area is 112 Å². The molecule has 0 atom stereocenters. The number of urea groups is 1. The molecule has 6 heteroatoms. The molecule has 2 amide bonds. The number of nitrogens with one attached hydrogen (secondary N) is 2. The van der Waals surface area contributed by atoms with Crippen LogP contribution in [-0.4, -0.2) is 30.7 Å². The van der Waals surface area contributed by atoms with Crippen LogP contribution >= 0.6 is 0 Å². The highest BCUT2D eigenvalue weighted by atomic mass is 16.4. The van der Waals surface area contributed by atoms with Crippen molar-refractivity contribution in [3.8, 4) is 0 Å². The van der Waals surface area contributed by atoms with Crippen molar-refractivity contribution in [1.29, 1.82) is 0 Å². The van der Waals surface area contributed by atoms with Gasteiger partial charge in [0, 0.05) is 7.05 Å². The van der Waals surface area contributed by atoms with Crippen LogP contribution in [0.15, 0.2) is 24.3 Å². The molecule has 1 aromatic rings. The minimum atomic E-state index is -1.02. The Morgan fingerprint density at radius 1 is 1.37 bits per heavy atom. The van der Waals surface area contributed by atoms with Crippen LogP contribution in [0, 0.1) is 0 Å². The van der Waals surface area contributed by atoms with Gasteiger partial charge in [0.1, 0.15) is 6.54 Å². The topological polar surface area (TPSA) is 81.7 Å². The minimum Gasteiger partial charge on any atom is -0.480 e. The average molecular weight is 265 g/mol. The number of anilines is 1. The Bertz CT molecular complexity index is 449. The van der Waals surface area contributed by atoms with Gasteiger partial charge in [-0.15, -0.1) is 0 Å². The highest BCUT2D eigenvalue weighted by Crippen LogP contribution is 2.15. The van der Waals surface area contributed by atoms with E-state index in [1.807, 2.05) is 18.2 Å². The first kappa shape index (κ1) is 14.8. The summed E-state index contributed by atoms with van der Waals surface area (Å²) in [7, 11) is 1.47. The molecule has 104 valence electrons. The zero-order chi connectivity index (χ0) is 14.3. The van der Waals surface area contributed by atoms with Crippen LogP contribution in [0.3, 0.4) is 0 Å². The van der Waals surface area contributed by atoms with E-state index >= 15 is 0 Å². The first-order chi connectivity index (χ1) is 9.06. The normalized spacial score (nSPS) is 9.79. The van der Waals surface area contributed by atoms with E-state index in [0.29, 0.717) is 5.69 Å². The minimum absolute atomic E-state index is 0.303. The number of carboxylic acids is 1. The summed E-state index contributed by atoms with van der Waals surface area (Å²) >= 11 is 0. The number of aryl methyl sites for hydroxylation is 1. The summed E-state index contributed by atoms with van der Waals surface area (Å²) in [6.45, 7) is 1.77. The number of hydrazine groups is 1. The van der Waals surface area contributed by atoms with E-state index in [-0.39, 0.29) is 6.54 Å². The van der Waals surface area contributed by atoms with Gasteiger partial charge in [0.15, 0.2) is 0 Å². The van der Waals surface area contributed by atoms with Crippen LogP contribution in [0.25, 0.3) is 0 Å². The molecule has 19 heavy (non-hydrogen) atoms. The van der Waals surface area contributed by atoms with Crippen molar-refractivity contribution < 1.29 is 14.7 Å². The zero-order valence-corrected chi connectivity index (χ0v) is 11.1. The highest BCUT2D eigenvalue weighted by molar-refractivity contribution is 5.79. The lowest BCUT2D eigenvalue weighted by Crippen LogP contribution is -2.48. The van der Waals surface area contributed by atoms with Gasteiger partial charge in [-0.3, -0.25) is 9.80 Å². The van der Waals surface area contributed by atoms with E-state index in [9.17, 15) is 9.59 Å². The molecule has 0 aliphatic heterocycles.